The largest absolute Gasteiger partial charge is 0.436 e. The van der Waals surface area contributed by atoms with Crippen molar-refractivity contribution in [2.75, 3.05) is 0 Å². The van der Waals surface area contributed by atoms with E-state index in [-0.39, 0.29) is 5.75 Å². The number of hydrogen-bond acceptors (Lipinski definition) is 3. The lowest BCUT2D eigenvalue weighted by molar-refractivity contribution is 0.415. The summed E-state index contributed by atoms with van der Waals surface area (Å²) in [6, 6.07) is 5.39. The zero-order chi connectivity index (χ0) is 13.1. The highest BCUT2D eigenvalue weighted by Crippen LogP contribution is 2.25. The average Bonchev–Trinajstić information content (AvgIpc) is 2.32. The van der Waals surface area contributed by atoms with E-state index in [9.17, 15) is 13.2 Å². The van der Waals surface area contributed by atoms with E-state index in [0.29, 0.717) is 0 Å². The zero-order valence-electron chi connectivity index (χ0n) is 8.82. The van der Waals surface area contributed by atoms with Gasteiger partial charge in [-0.1, -0.05) is 0 Å². The van der Waals surface area contributed by atoms with Crippen LogP contribution in [-0.4, -0.2) is 4.98 Å². The number of ether oxygens (including phenoxy) is 1. The summed E-state index contributed by atoms with van der Waals surface area (Å²) in [6.07, 6.45) is 1.27. The minimum Gasteiger partial charge on any atom is -0.436 e. The Kier molecular flexibility index (Phi) is 3.15. The monoisotopic (exact) mass is 250 g/mol. The molecule has 0 saturated carbocycles. The van der Waals surface area contributed by atoms with Crippen LogP contribution in [0.15, 0.2) is 30.5 Å². The third-order valence-electron chi connectivity index (χ3n) is 2.07. The highest BCUT2D eigenvalue weighted by molar-refractivity contribution is 5.39. The topological polar surface area (TPSA) is 45.9 Å². The first kappa shape index (κ1) is 11.9. The van der Waals surface area contributed by atoms with Gasteiger partial charge in [-0.25, -0.2) is 18.2 Å². The van der Waals surface area contributed by atoms with Crippen molar-refractivity contribution in [2.24, 2.45) is 0 Å². The van der Waals surface area contributed by atoms with E-state index in [1.165, 1.54) is 18.3 Å². The van der Waals surface area contributed by atoms with Crippen molar-refractivity contribution in [3.05, 3.63) is 53.5 Å². The van der Waals surface area contributed by atoms with Crippen LogP contribution in [-0.2, 0) is 0 Å². The fourth-order valence-electron chi connectivity index (χ4n) is 1.27. The maximum atomic E-state index is 13.3. The lowest BCUT2D eigenvalue weighted by Gasteiger charge is -2.06. The molecule has 1 aromatic carbocycles. The quantitative estimate of drug-likeness (QED) is 0.822. The van der Waals surface area contributed by atoms with Gasteiger partial charge in [-0.05, 0) is 12.1 Å². The van der Waals surface area contributed by atoms with Crippen LogP contribution >= 0.6 is 0 Å². The molecule has 6 heteroatoms. The molecule has 2 rings (SSSR count). The summed E-state index contributed by atoms with van der Waals surface area (Å²) in [6.45, 7) is 0. The molecule has 0 amide bonds. The van der Waals surface area contributed by atoms with E-state index in [0.717, 1.165) is 18.2 Å². The van der Waals surface area contributed by atoms with E-state index in [1.54, 1.807) is 0 Å². The first-order valence-corrected chi connectivity index (χ1v) is 4.79. The predicted molar refractivity (Wildman–Crippen MR) is 55.3 cm³/mol. The molecule has 2 aromatic rings. The summed E-state index contributed by atoms with van der Waals surface area (Å²) in [5.41, 5.74) is -0.719. The Morgan fingerprint density at radius 3 is 2.33 bits per heavy atom. The van der Waals surface area contributed by atoms with Gasteiger partial charge in [-0.2, -0.15) is 5.26 Å². The highest BCUT2D eigenvalue weighted by atomic mass is 19.1. The van der Waals surface area contributed by atoms with Crippen molar-refractivity contribution in [3.8, 4) is 17.7 Å². The summed E-state index contributed by atoms with van der Waals surface area (Å²) in [7, 11) is 0. The van der Waals surface area contributed by atoms with Crippen LogP contribution in [0, 0.1) is 28.8 Å². The first-order chi connectivity index (χ1) is 8.61. The van der Waals surface area contributed by atoms with Crippen LogP contribution in [0.2, 0.25) is 0 Å². The van der Waals surface area contributed by atoms with Gasteiger partial charge in [-0.15, -0.1) is 0 Å². The molecule has 0 aliphatic heterocycles. The van der Waals surface area contributed by atoms with Gasteiger partial charge >= 0.3 is 0 Å². The molecule has 3 nitrogen and oxygen atoms in total. The number of halogens is 3. The van der Waals surface area contributed by atoms with Crippen molar-refractivity contribution < 1.29 is 17.9 Å². The van der Waals surface area contributed by atoms with E-state index < -0.39 is 28.9 Å². The number of aromatic nitrogens is 1. The fraction of sp³-hybridized carbons (Fsp3) is 0. The summed E-state index contributed by atoms with van der Waals surface area (Å²) in [5, 5.41) is 8.48. The Hall–Kier alpha value is -2.55. The third-order valence-corrected chi connectivity index (χ3v) is 2.07. The third kappa shape index (κ3) is 2.25. The predicted octanol–water partition coefficient (Wildman–Crippen LogP) is 3.16. The molecule has 0 atom stereocenters. The number of hydrogen-bond donors (Lipinski definition) is 0. The second-order valence-electron chi connectivity index (χ2n) is 3.27. The van der Waals surface area contributed by atoms with Gasteiger partial charge in [0.05, 0.1) is 0 Å². The molecule has 0 aliphatic carbocycles. The van der Waals surface area contributed by atoms with Crippen molar-refractivity contribution >= 4 is 0 Å². The zero-order valence-corrected chi connectivity index (χ0v) is 8.82. The summed E-state index contributed by atoms with van der Waals surface area (Å²) >= 11 is 0. The molecule has 0 spiro atoms. The summed E-state index contributed by atoms with van der Waals surface area (Å²) in [5.74, 6) is -3.60. The average molecular weight is 250 g/mol. The molecule has 90 valence electrons. The number of benzene rings is 1. The van der Waals surface area contributed by atoms with Gasteiger partial charge in [0, 0.05) is 18.3 Å². The molecule has 1 heterocycles. The molecule has 1 aromatic heterocycles. The molecule has 0 bridgehead atoms. The first-order valence-electron chi connectivity index (χ1n) is 4.79. The van der Waals surface area contributed by atoms with E-state index in [4.69, 9.17) is 10.00 Å². The molecule has 0 unspecified atom stereocenters. The lowest BCUT2D eigenvalue weighted by atomic mass is 10.2. The number of rotatable bonds is 2. The molecule has 0 aliphatic rings. The Morgan fingerprint density at radius 1 is 1.11 bits per heavy atom. The van der Waals surface area contributed by atoms with Crippen LogP contribution < -0.4 is 4.74 Å². The Morgan fingerprint density at radius 2 is 1.78 bits per heavy atom. The standard InChI is InChI=1S/C12H5F3N2O/c13-9-2-1-3-17-12(9)18-7-4-10(14)8(6-16)11(15)5-7/h1-5H. The minimum atomic E-state index is -1.08. The van der Waals surface area contributed by atoms with Gasteiger partial charge in [0.1, 0.15) is 29.0 Å². The van der Waals surface area contributed by atoms with Crippen LogP contribution in [0.4, 0.5) is 13.2 Å². The molecular weight excluding hydrogens is 245 g/mol. The van der Waals surface area contributed by atoms with Crippen LogP contribution in [0.25, 0.3) is 0 Å². The van der Waals surface area contributed by atoms with Gasteiger partial charge in [-0.3, -0.25) is 0 Å². The van der Waals surface area contributed by atoms with E-state index >= 15 is 0 Å². The lowest BCUT2D eigenvalue weighted by Crippen LogP contribution is -1.95. The Bertz CT molecular complexity index is 614. The van der Waals surface area contributed by atoms with E-state index in [2.05, 4.69) is 4.98 Å². The van der Waals surface area contributed by atoms with Crippen LogP contribution in [0.1, 0.15) is 5.56 Å². The Balaban J connectivity index is 2.37. The number of pyridine rings is 1. The molecule has 0 fully saturated rings. The highest BCUT2D eigenvalue weighted by Gasteiger charge is 2.13. The van der Waals surface area contributed by atoms with Crippen molar-refractivity contribution in [3.63, 3.8) is 0 Å². The molecule has 18 heavy (non-hydrogen) atoms. The normalized spacial score (nSPS) is 9.89. The van der Waals surface area contributed by atoms with Gasteiger partial charge < -0.3 is 4.74 Å². The van der Waals surface area contributed by atoms with Crippen molar-refractivity contribution in [2.45, 2.75) is 0 Å². The maximum Gasteiger partial charge on any atom is 0.255 e. The summed E-state index contributed by atoms with van der Waals surface area (Å²) < 4.78 is 44.6. The SMILES string of the molecule is N#Cc1c(F)cc(Oc2ncccc2F)cc1F. The Labute approximate surface area is 100 Å². The van der Waals surface area contributed by atoms with Crippen LogP contribution in [0.3, 0.4) is 0 Å². The molecule has 0 saturated heterocycles. The van der Waals surface area contributed by atoms with Gasteiger partial charge in [0.15, 0.2) is 5.82 Å². The maximum absolute atomic E-state index is 13.3. The number of nitriles is 1. The van der Waals surface area contributed by atoms with Crippen molar-refractivity contribution in [1.29, 1.82) is 5.26 Å². The van der Waals surface area contributed by atoms with E-state index in [1.807, 2.05) is 0 Å². The fourth-order valence-corrected chi connectivity index (χ4v) is 1.27. The summed E-state index contributed by atoms with van der Waals surface area (Å²) in [4.78, 5) is 3.57. The number of nitrogens with zero attached hydrogens (tertiary/aromatic N) is 2. The second kappa shape index (κ2) is 4.75. The van der Waals surface area contributed by atoms with Crippen molar-refractivity contribution in [1.82, 2.24) is 4.98 Å². The van der Waals surface area contributed by atoms with Gasteiger partial charge in [0.2, 0.25) is 0 Å². The molecule has 0 N–H and O–H groups in total. The van der Waals surface area contributed by atoms with Crippen LogP contribution in [0.5, 0.6) is 11.6 Å². The smallest absolute Gasteiger partial charge is 0.255 e. The minimum absolute atomic E-state index is 0.276. The van der Waals surface area contributed by atoms with Gasteiger partial charge in [0.25, 0.3) is 5.88 Å². The molecular formula is C12H5F3N2O. The molecule has 0 radical (unpaired) electrons. The second-order valence-corrected chi connectivity index (χ2v) is 3.27.